The number of phenols is 1. The van der Waals surface area contributed by atoms with Crippen molar-refractivity contribution in [3.8, 4) is 28.6 Å². The van der Waals surface area contributed by atoms with Crippen molar-refractivity contribution in [2.45, 2.75) is 0 Å². The van der Waals surface area contributed by atoms with Crippen molar-refractivity contribution in [2.75, 3.05) is 0 Å². The number of hydrogen-bond donors (Lipinski definition) is 1. The maximum Gasteiger partial charge on any atom is 0.265 e. The molecule has 2 aromatic carbocycles. The summed E-state index contributed by atoms with van der Waals surface area (Å²) in [5.74, 6) is -0.669. The van der Waals surface area contributed by atoms with E-state index in [0.717, 1.165) is 0 Å². The summed E-state index contributed by atoms with van der Waals surface area (Å²) in [7, 11) is 0. The van der Waals surface area contributed by atoms with Gasteiger partial charge in [-0.1, -0.05) is 22.8 Å². The molecule has 100 valence electrons. The van der Waals surface area contributed by atoms with Crippen molar-refractivity contribution in [2.24, 2.45) is 0 Å². The van der Waals surface area contributed by atoms with Crippen LogP contribution in [0.1, 0.15) is 0 Å². The monoisotopic (exact) mass is 290 g/mol. The van der Waals surface area contributed by atoms with Crippen LogP contribution in [0.2, 0.25) is 5.02 Å². The van der Waals surface area contributed by atoms with E-state index in [9.17, 15) is 9.50 Å². The van der Waals surface area contributed by atoms with Crippen molar-refractivity contribution in [3.05, 3.63) is 53.3 Å². The van der Waals surface area contributed by atoms with E-state index in [0.29, 0.717) is 16.4 Å². The topological polar surface area (TPSA) is 59.2 Å². The van der Waals surface area contributed by atoms with Gasteiger partial charge in [-0.2, -0.15) is 4.98 Å². The maximum atomic E-state index is 13.7. The summed E-state index contributed by atoms with van der Waals surface area (Å²) in [4.78, 5) is 4.08. The van der Waals surface area contributed by atoms with Crippen molar-refractivity contribution in [1.29, 1.82) is 0 Å². The molecule has 1 heterocycles. The number of phenolic OH excluding ortho intramolecular Hbond substituents is 1. The molecule has 3 rings (SSSR count). The first-order valence-electron chi connectivity index (χ1n) is 5.72. The van der Waals surface area contributed by atoms with Crippen LogP contribution in [0.4, 0.5) is 4.39 Å². The summed E-state index contributed by atoms with van der Waals surface area (Å²) < 4.78 is 18.7. The Morgan fingerprint density at radius 3 is 2.55 bits per heavy atom. The lowest BCUT2D eigenvalue weighted by molar-refractivity contribution is 0.421. The molecule has 0 bridgehead atoms. The Hall–Kier alpha value is -2.40. The fourth-order valence-corrected chi connectivity index (χ4v) is 1.89. The second kappa shape index (κ2) is 4.94. The lowest BCUT2D eigenvalue weighted by atomic mass is 10.2. The molecule has 0 amide bonds. The van der Waals surface area contributed by atoms with E-state index in [-0.39, 0.29) is 17.2 Å². The Kier molecular flexibility index (Phi) is 3.12. The molecular weight excluding hydrogens is 283 g/mol. The Balaban J connectivity index is 2.04. The molecule has 0 fully saturated rings. The predicted molar refractivity (Wildman–Crippen MR) is 71.8 cm³/mol. The van der Waals surface area contributed by atoms with E-state index in [1.165, 1.54) is 18.2 Å². The van der Waals surface area contributed by atoms with Crippen LogP contribution in [-0.2, 0) is 0 Å². The zero-order valence-electron chi connectivity index (χ0n) is 10.0. The minimum atomic E-state index is -0.628. The van der Waals surface area contributed by atoms with Crippen molar-refractivity contribution in [3.63, 3.8) is 0 Å². The summed E-state index contributed by atoms with van der Waals surface area (Å²) in [5, 5.41) is 14.0. The van der Waals surface area contributed by atoms with Gasteiger partial charge in [0.1, 0.15) is 17.1 Å². The van der Waals surface area contributed by atoms with Crippen LogP contribution < -0.4 is 0 Å². The van der Waals surface area contributed by atoms with Gasteiger partial charge in [0.15, 0.2) is 0 Å². The Labute approximate surface area is 118 Å². The third-order valence-corrected chi connectivity index (χ3v) is 2.99. The highest BCUT2D eigenvalue weighted by atomic mass is 35.5. The molecule has 1 N–H and O–H groups in total. The van der Waals surface area contributed by atoms with Gasteiger partial charge in [-0.15, -0.1) is 0 Å². The van der Waals surface area contributed by atoms with Gasteiger partial charge in [0.05, 0.1) is 0 Å². The van der Waals surface area contributed by atoms with Crippen molar-refractivity contribution < 1.29 is 14.0 Å². The molecule has 20 heavy (non-hydrogen) atoms. The van der Waals surface area contributed by atoms with Crippen LogP contribution in [0.5, 0.6) is 5.75 Å². The maximum absolute atomic E-state index is 13.7. The fourth-order valence-electron chi connectivity index (χ4n) is 1.77. The van der Waals surface area contributed by atoms with Gasteiger partial charge < -0.3 is 9.63 Å². The summed E-state index contributed by atoms with van der Waals surface area (Å²) in [6, 6.07) is 10.8. The van der Waals surface area contributed by atoms with E-state index in [4.69, 9.17) is 16.1 Å². The molecule has 0 saturated heterocycles. The first-order chi connectivity index (χ1) is 9.65. The van der Waals surface area contributed by atoms with Gasteiger partial charge in [-0.25, -0.2) is 4.39 Å². The van der Waals surface area contributed by atoms with Gasteiger partial charge in [-0.05, 0) is 36.4 Å². The zero-order chi connectivity index (χ0) is 14.1. The quantitative estimate of drug-likeness (QED) is 0.777. The third-order valence-electron chi connectivity index (χ3n) is 2.73. The number of aromatic nitrogens is 2. The molecule has 1 aromatic heterocycles. The first kappa shape index (κ1) is 12.6. The number of nitrogens with zero attached hydrogens (tertiary/aromatic N) is 2. The summed E-state index contributed by atoms with van der Waals surface area (Å²) in [5.41, 5.74) is 0.570. The summed E-state index contributed by atoms with van der Waals surface area (Å²) in [6.45, 7) is 0. The van der Waals surface area contributed by atoms with Crippen LogP contribution in [0.15, 0.2) is 47.0 Å². The molecule has 0 aliphatic rings. The Morgan fingerprint density at radius 2 is 1.85 bits per heavy atom. The number of benzene rings is 2. The van der Waals surface area contributed by atoms with Crippen LogP contribution in [-0.4, -0.2) is 15.2 Å². The van der Waals surface area contributed by atoms with Gasteiger partial charge >= 0.3 is 0 Å². The largest absolute Gasteiger partial charge is 0.507 e. The lowest BCUT2D eigenvalue weighted by Gasteiger charge is -1.99. The summed E-state index contributed by atoms with van der Waals surface area (Å²) >= 11 is 5.79. The molecule has 0 saturated carbocycles. The molecule has 0 atom stereocenters. The highest BCUT2D eigenvalue weighted by Gasteiger charge is 2.18. The Bertz CT molecular complexity index is 736. The minimum absolute atomic E-state index is 0.0782. The predicted octanol–water partition coefficient (Wildman–Crippen LogP) is 3.90. The van der Waals surface area contributed by atoms with Gasteiger partial charge in [-0.3, -0.25) is 0 Å². The smallest absolute Gasteiger partial charge is 0.265 e. The Morgan fingerprint density at radius 1 is 1.10 bits per heavy atom. The lowest BCUT2D eigenvalue weighted by Crippen LogP contribution is -1.85. The van der Waals surface area contributed by atoms with Crippen LogP contribution in [0.3, 0.4) is 0 Å². The molecule has 0 aliphatic heterocycles. The molecule has 0 radical (unpaired) electrons. The average molecular weight is 291 g/mol. The van der Waals surface area contributed by atoms with Crippen LogP contribution in [0.25, 0.3) is 22.8 Å². The second-order valence-corrected chi connectivity index (χ2v) is 4.50. The van der Waals surface area contributed by atoms with Gasteiger partial charge in [0.25, 0.3) is 5.89 Å². The molecule has 4 nitrogen and oxygen atoms in total. The minimum Gasteiger partial charge on any atom is -0.507 e. The second-order valence-electron chi connectivity index (χ2n) is 4.06. The summed E-state index contributed by atoms with van der Waals surface area (Å²) in [6.07, 6.45) is 0. The average Bonchev–Trinajstić information content (AvgIpc) is 2.89. The molecule has 6 heteroatoms. The zero-order valence-corrected chi connectivity index (χ0v) is 10.8. The van der Waals surface area contributed by atoms with E-state index in [2.05, 4.69) is 10.1 Å². The van der Waals surface area contributed by atoms with Crippen LogP contribution in [0, 0.1) is 5.82 Å². The molecular formula is C14H8ClFN2O2. The van der Waals surface area contributed by atoms with Gasteiger partial charge in [0, 0.05) is 10.6 Å². The number of rotatable bonds is 2. The molecule has 3 aromatic rings. The van der Waals surface area contributed by atoms with Crippen molar-refractivity contribution in [1.82, 2.24) is 10.1 Å². The number of aromatic hydroxyl groups is 1. The number of halogens is 2. The standard InChI is InChI=1S/C14H8ClFN2O2/c15-9-6-4-8(5-7-9)13-17-14(20-18-13)12-10(16)2-1-3-11(12)19/h1-7,19H. The molecule has 0 aliphatic carbocycles. The highest BCUT2D eigenvalue weighted by molar-refractivity contribution is 6.30. The van der Waals surface area contributed by atoms with E-state index in [1.807, 2.05) is 0 Å². The van der Waals surface area contributed by atoms with E-state index in [1.54, 1.807) is 24.3 Å². The SMILES string of the molecule is Oc1cccc(F)c1-c1nc(-c2ccc(Cl)cc2)no1. The normalized spacial score (nSPS) is 10.7. The van der Waals surface area contributed by atoms with Crippen LogP contribution >= 0.6 is 11.6 Å². The molecule has 0 spiro atoms. The third kappa shape index (κ3) is 2.23. The fraction of sp³-hybridized carbons (Fsp3) is 0. The first-order valence-corrected chi connectivity index (χ1v) is 6.10. The number of hydrogen-bond acceptors (Lipinski definition) is 4. The van der Waals surface area contributed by atoms with Crippen molar-refractivity contribution >= 4 is 11.6 Å². The van der Waals surface area contributed by atoms with Gasteiger partial charge in [0.2, 0.25) is 5.82 Å². The van der Waals surface area contributed by atoms with E-state index < -0.39 is 5.82 Å². The molecule has 0 unspecified atom stereocenters. The van der Waals surface area contributed by atoms with E-state index >= 15 is 0 Å². The highest BCUT2D eigenvalue weighted by Crippen LogP contribution is 2.31.